The van der Waals surface area contributed by atoms with E-state index < -0.39 is 5.92 Å². The summed E-state index contributed by atoms with van der Waals surface area (Å²) in [6, 6.07) is 9.32. The van der Waals surface area contributed by atoms with Crippen molar-refractivity contribution in [1.29, 1.82) is 0 Å². The molecule has 2 amide bonds. The zero-order valence-electron chi connectivity index (χ0n) is 17.9. The summed E-state index contributed by atoms with van der Waals surface area (Å²) >= 11 is 1.65. The molecule has 2 rings (SSSR count). The van der Waals surface area contributed by atoms with E-state index in [0.717, 1.165) is 5.75 Å². The lowest BCUT2D eigenvalue weighted by atomic mass is 9.98. The molecule has 0 saturated carbocycles. The molecule has 3 atom stereocenters. The van der Waals surface area contributed by atoms with Crippen LogP contribution >= 0.6 is 11.8 Å². The molecule has 0 spiro atoms. The maximum Gasteiger partial charge on any atom is 0.306 e. The van der Waals surface area contributed by atoms with Gasteiger partial charge in [0.25, 0.3) is 0 Å². The lowest BCUT2D eigenvalue weighted by Gasteiger charge is -2.23. The first-order chi connectivity index (χ1) is 15.0. The average Bonchev–Trinajstić information content (AvgIpc) is 2.76. The average molecular weight is 449 g/mol. The molecule has 7 nitrogen and oxygen atoms in total. The lowest BCUT2D eigenvalue weighted by molar-refractivity contribution is -0.145. The van der Waals surface area contributed by atoms with Crippen molar-refractivity contribution in [2.45, 2.75) is 50.4 Å². The van der Waals surface area contributed by atoms with Gasteiger partial charge in [0.15, 0.2) is 0 Å². The Balaban J connectivity index is 2.00. The highest BCUT2D eigenvalue weighted by Gasteiger charge is 2.25. The molecule has 0 unspecified atom stereocenters. The van der Waals surface area contributed by atoms with E-state index in [0.29, 0.717) is 18.6 Å². The van der Waals surface area contributed by atoms with E-state index in [4.69, 9.17) is 9.84 Å². The van der Waals surface area contributed by atoms with E-state index in [1.165, 1.54) is 5.56 Å². The van der Waals surface area contributed by atoms with Gasteiger partial charge in [-0.25, -0.2) is 0 Å². The zero-order chi connectivity index (χ0) is 22.5. The van der Waals surface area contributed by atoms with Crippen LogP contribution in [-0.4, -0.2) is 53.9 Å². The summed E-state index contributed by atoms with van der Waals surface area (Å²) in [4.78, 5) is 37.1. The fraction of sp³-hybridized carbons (Fsp3) is 0.522. The Labute approximate surface area is 188 Å². The molecule has 0 radical (unpaired) electrons. The van der Waals surface area contributed by atoms with Crippen LogP contribution in [0.15, 0.2) is 42.5 Å². The molecule has 1 aromatic rings. The highest BCUT2D eigenvalue weighted by molar-refractivity contribution is 7.98. The normalized spacial score (nSPS) is 21.2. The Morgan fingerprint density at radius 3 is 2.81 bits per heavy atom. The third-order valence-corrected chi connectivity index (χ3v) is 5.98. The topological polar surface area (TPSA) is 105 Å². The van der Waals surface area contributed by atoms with Crippen LogP contribution in [0.25, 0.3) is 0 Å². The number of benzene rings is 1. The molecule has 1 aromatic carbocycles. The molecule has 0 aliphatic carbocycles. The summed E-state index contributed by atoms with van der Waals surface area (Å²) < 4.78 is 5.35. The van der Waals surface area contributed by atoms with Gasteiger partial charge in [-0.15, -0.1) is 0 Å². The van der Waals surface area contributed by atoms with Crippen molar-refractivity contribution < 1.29 is 24.2 Å². The van der Waals surface area contributed by atoms with Crippen LogP contribution in [0.1, 0.15) is 38.2 Å². The van der Waals surface area contributed by atoms with Crippen LogP contribution in [0.5, 0.6) is 0 Å². The number of aliphatic hydroxyl groups excluding tert-OH is 1. The first-order valence-corrected chi connectivity index (χ1v) is 11.8. The van der Waals surface area contributed by atoms with Gasteiger partial charge in [0.05, 0.1) is 18.6 Å². The summed E-state index contributed by atoms with van der Waals surface area (Å²) in [6.07, 6.45) is 4.93. The molecule has 0 bridgehead atoms. The van der Waals surface area contributed by atoms with Crippen LogP contribution in [0.3, 0.4) is 0 Å². The predicted octanol–water partition coefficient (Wildman–Crippen LogP) is 2.19. The quantitative estimate of drug-likeness (QED) is 0.416. The second kappa shape index (κ2) is 13.9. The molecule has 31 heavy (non-hydrogen) atoms. The SMILES string of the molecule is C[C@H](CO)NC(=O)C[C@H]1CC=CCCC(=O)OC[C@H](CSCc2ccccc2)NC1=O. The molecular formula is C23H32N2O5S. The lowest BCUT2D eigenvalue weighted by Crippen LogP contribution is -2.45. The van der Waals surface area contributed by atoms with Gasteiger partial charge in [-0.05, 0) is 25.3 Å². The number of allylic oxidation sites excluding steroid dienone is 2. The monoisotopic (exact) mass is 448 g/mol. The van der Waals surface area contributed by atoms with Gasteiger partial charge in [0.2, 0.25) is 11.8 Å². The van der Waals surface area contributed by atoms with Gasteiger partial charge in [-0.1, -0.05) is 42.5 Å². The standard InChI is InChI=1S/C23H32N2O5S/c1-17(13-26)24-21(27)12-19-10-6-3-7-11-22(28)30-14-20(25-23(19)29)16-31-15-18-8-4-2-5-9-18/h2-6,8-9,17,19-20,26H,7,10-16H2,1H3,(H,24,27)(H,25,29)/t17-,19-,20-/m1/s1. The maximum atomic E-state index is 12.9. The van der Waals surface area contributed by atoms with Crippen molar-refractivity contribution in [3.8, 4) is 0 Å². The summed E-state index contributed by atoms with van der Waals surface area (Å²) in [5, 5.41) is 14.8. The number of carbonyl (C=O) groups is 3. The highest BCUT2D eigenvalue weighted by atomic mass is 32.2. The summed E-state index contributed by atoms with van der Waals surface area (Å²) in [5.41, 5.74) is 1.18. The van der Waals surface area contributed by atoms with Crippen molar-refractivity contribution in [1.82, 2.24) is 10.6 Å². The fourth-order valence-corrected chi connectivity index (χ4v) is 4.09. The maximum absolute atomic E-state index is 12.9. The third kappa shape index (κ3) is 10.0. The number of rotatable bonds is 8. The smallest absolute Gasteiger partial charge is 0.306 e. The molecule has 0 fully saturated rings. The Kier molecular flexibility index (Phi) is 11.2. The van der Waals surface area contributed by atoms with Gasteiger partial charge >= 0.3 is 5.97 Å². The summed E-state index contributed by atoms with van der Waals surface area (Å²) in [6.45, 7) is 1.65. The Hall–Kier alpha value is -2.32. The van der Waals surface area contributed by atoms with Crippen molar-refractivity contribution >= 4 is 29.5 Å². The third-order valence-electron chi connectivity index (χ3n) is 4.81. The molecule has 170 valence electrons. The van der Waals surface area contributed by atoms with Gasteiger partial charge in [-0.3, -0.25) is 14.4 Å². The molecule has 3 N–H and O–H groups in total. The van der Waals surface area contributed by atoms with Crippen molar-refractivity contribution in [3.63, 3.8) is 0 Å². The van der Waals surface area contributed by atoms with E-state index in [1.54, 1.807) is 18.7 Å². The van der Waals surface area contributed by atoms with Crippen molar-refractivity contribution in [3.05, 3.63) is 48.0 Å². The molecule has 1 aliphatic rings. The van der Waals surface area contributed by atoms with Gasteiger partial charge in [-0.2, -0.15) is 11.8 Å². The number of carbonyl (C=O) groups excluding carboxylic acids is 3. The second-order valence-corrected chi connectivity index (χ2v) is 8.72. The zero-order valence-corrected chi connectivity index (χ0v) is 18.7. The van der Waals surface area contributed by atoms with E-state index in [9.17, 15) is 14.4 Å². The van der Waals surface area contributed by atoms with Crippen LogP contribution in [-0.2, 0) is 24.9 Å². The molecule has 0 saturated heterocycles. The van der Waals surface area contributed by atoms with E-state index in [1.807, 2.05) is 42.5 Å². The minimum absolute atomic E-state index is 0.0319. The number of ether oxygens (including phenoxy) is 1. The number of aliphatic hydroxyl groups is 1. The van der Waals surface area contributed by atoms with Crippen molar-refractivity contribution in [2.24, 2.45) is 5.92 Å². The number of amides is 2. The van der Waals surface area contributed by atoms with E-state index >= 15 is 0 Å². The first-order valence-electron chi connectivity index (χ1n) is 10.6. The number of esters is 1. The minimum atomic E-state index is -0.529. The van der Waals surface area contributed by atoms with Crippen LogP contribution < -0.4 is 10.6 Å². The summed E-state index contributed by atoms with van der Waals surface area (Å²) in [5.74, 6) is 0.0475. The molecule has 0 aromatic heterocycles. The number of hydrogen-bond donors (Lipinski definition) is 3. The largest absolute Gasteiger partial charge is 0.463 e. The molecule has 1 heterocycles. The predicted molar refractivity (Wildman–Crippen MR) is 121 cm³/mol. The number of nitrogens with one attached hydrogen (secondary N) is 2. The Bertz CT molecular complexity index is 741. The minimum Gasteiger partial charge on any atom is -0.463 e. The van der Waals surface area contributed by atoms with Gasteiger partial charge in [0.1, 0.15) is 6.61 Å². The summed E-state index contributed by atoms with van der Waals surface area (Å²) in [7, 11) is 0. The fourth-order valence-electron chi connectivity index (χ4n) is 3.08. The number of hydrogen-bond acceptors (Lipinski definition) is 6. The van der Waals surface area contributed by atoms with E-state index in [-0.39, 0.29) is 55.9 Å². The first kappa shape index (κ1) is 24.9. The molecular weight excluding hydrogens is 416 g/mol. The van der Waals surface area contributed by atoms with Gasteiger partial charge < -0.3 is 20.5 Å². The van der Waals surface area contributed by atoms with Crippen LogP contribution in [0, 0.1) is 5.92 Å². The van der Waals surface area contributed by atoms with Crippen molar-refractivity contribution in [2.75, 3.05) is 19.0 Å². The highest BCUT2D eigenvalue weighted by Crippen LogP contribution is 2.16. The van der Waals surface area contributed by atoms with Crippen LogP contribution in [0.4, 0.5) is 0 Å². The molecule has 1 aliphatic heterocycles. The number of cyclic esters (lactones) is 1. The second-order valence-electron chi connectivity index (χ2n) is 7.69. The number of thioether (sulfide) groups is 1. The van der Waals surface area contributed by atoms with E-state index in [2.05, 4.69) is 10.6 Å². The Morgan fingerprint density at radius 2 is 2.06 bits per heavy atom. The molecule has 8 heteroatoms. The van der Waals surface area contributed by atoms with Gasteiger partial charge in [0, 0.05) is 30.4 Å². The van der Waals surface area contributed by atoms with Crippen LogP contribution in [0.2, 0.25) is 0 Å². The Morgan fingerprint density at radius 1 is 1.29 bits per heavy atom.